The molecule has 1 heterocycles. The van der Waals surface area contributed by atoms with Crippen LogP contribution in [-0.4, -0.2) is 26.4 Å². The van der Waals surface area contributed by atoms with Gasteiger partial charge in [-0.05, 0) is 48.1 Å². The van der Waals surface area contributed by atoms with Crippen LogP contribution in [0.4, 0.5) is 5.69 Å². The van der Waals surface area contributed by atoms with Crippen molar-refractivity contribution in [2.45, 2.75) is 56.8 Å². The number of hydrogen-bond donors (Lipinski definition) is 1. The number of halogens is 1. The van der Waals surface area contributed by atoms with Crippen molar-refractivity contribution in [1.29, 1.82) is 0 Å². The second kappa shape index (κ2) is 9.55. The van der Waals surface area contributed by atoms with Crippen LogP contribution in [0.3, 0.4) is 0 Å². The number of carbonyl (C=O) groups is 1. The summed E-state index contributed by atoms with van der Waals surface area (Å²) in [4.78, 5) is 12.5. The highest BCUT2D eigenvalue weighted by Crippen LogP contribution is 2.39. The first-order valence-corrected chi connectivity index (χ1v) is 12.0. The number of ether oxygens (including phenoxy) is 1. The van der Waals surface area contributed by atoms with E-state index in [0.29, 0.717) is 16.8 Å². The van der Waals surface area contributed by atoms with Crippen LogP contribution in [0.2, 0.25) is 5.02 Å². The lowest BCUT2D eigenvalue weighted by Crippen LogP contribution is -2.15. The fourth-order valence-electron chi connectivity index (χ4n) is 3.29. The van der Waals surface area contributed by atoms with Crippen molar-refractivity contribution in [3.63, 3.8) is 0 Å². The van der Waals surface area contributed by atoms with E-state index in [1.165, 1.54) is 17.3 Å². The third-order valence-electron chi connectivity index (χ3n) is 5.21. The molecule has 1 fully saturated rings. The lowest BCUT2D eigenvalue weighted by Gasteiger charge is -2.19. The van der Waals surface area contributed by atoms with E-state index in [-0.39, 0.29) is 23.7 Å². The summed E-state index contributed by atoms with van der Waals surface area (Å²) in [7, 11) is 0. The molecule has 0 atom stereocenters. The molecule has 1 aromatic heterocycles. The van der Waals surface area contributed by atoms with E-state index in [1.54, 1.807) is 6.07 Å². The first-order valence-electron chi connectivity index (χ1n) is 10.7. The van der Waals surface area contributed by atoms with Gasteiger partial charge in [0, 0.05) is 11.7 Å². The molecule has 1 aliphatic carbocycles. The Morgan fingerprint density at radius 3 is 2.53 bits per heavy atom. The van der Waals surface area contributed by atoms with Gasteiger partial charge in [-0.25, -0.2) is 0 Å². The minimum Gasteiger partial charge on any atom is -0.484 e. The van der Waals surface area contributed by atoms with Gasteiger partial charge in [0.15, 0.2) is 11.0 Å². The molecule has 0 bridgehead atoms. The molecule has 1 amide bonds. The van der Waals surface area contributed by atoms with Crippen molar-refractivity contribution < 1.29 is 9.53 Å². The average molecular weight is 471 g/mol. The van der Waals surface area contributed by atoms with Gasteiger partial charge in [-0.15, -0.1) is 10.2 Å². The number of amides is 1. The monoisotopic (exact) mass is 470 g/mol. The Labute approximate surface area is 197 Å². The van der Waals surface area contributed by atoms with Crippen LogP contribution in [0.15, 0.2) is 53.7 Å². The Morgan fingerprint density at radius 1 is 1.16 bits per heavy atom. The summed E-state index contributed by atoms with van der Waals surface area (Å²) in [5, 5.41) is 12.9. The van der Waals surface area contributed by atoms with Crippen molar-refractivity contribution >= 4 is 35.0 Å². The van der Waals surface area contributed by atoms with Gasteiger partial charge in [0.25, 0.3) is 0 Å². The maximum Gasteiger partial charge on any atom is 0.234 e. The van der Waals surface area contributed by atoms with E-state index in [2.05, 4.69) is 53.0 Å². The van der Waals surface area contributed by atoms with Crippen LogP contribution in [0.25, 0.3) is 0 Å². The first-order chi connectivity index (χ1) is 15.3. The zero-order valence-electron chi connectivity index (χ0n) is 18.5. The Morgan fingerprint density at radius 2 is 1.88 bits per heavy atom. The van der Waals surface area contributed by atoms with Crippen molar-refractivity contribution in [1.82, 2.24) is 14.8 Å². The quantitative estimate of drug-likeness (QED) is 0.417. The fourth-order valence-corrected chi connectivity index (χ4v) is 4.30. The van der Waals surface area contributed by atoms with E-state index in [1.807, 2.05) is 30.3 Å². The van der Waals surface area contributed by atoms with Gasteiger partial charge in [0.05, 0.1) is 10.8 Å². The average Bonchev–Trinajstić information content (AvgIpc) is 3.51. The lowest BCUT2D eigenvalue weighted by molar-refractivity contribution is -0.113. The molecule has 3 aromatic rings. The number of hydrogen-bond acceptors (Lipinski definition) is 5. The summed E-state index contributed by atoms with van der Waals surface area (Å²) < 4.78 is 7.94. The minimum absolute atomic E-state index is 0.0716. The number of nitrogens with one attached hydrogen (secondary N) is 1. The standard InChI is InChI=1S/C24H27ClN4O2S/c1-24(2,3)16-8-10-17(11-9-16)26-22(30)15-32-23-28-27-21(29(23)18-12-13-18)14-31-20-7-5-4-6-19(20)25/h4-11,18H,12-15H2,1-3H3,(H,26,30). The summed E-state index contributed by atoms with van der Waals surface area (Å²) in [5.41, 5.74) is 2.11. The zero-order chi connectivity index (χ0) is 22.7. The van der Waals surface area contributed by atoms with Gasteiger partial charge >= 0.3 is 0 Å². The van der Waals surface area contributed by atoms with Crippen molar-refractivity contribution in [2.24, 2.45) is 0 Å². The zero-order valence-corrected chi connectivity index (χ0v) is 20.0. The molecule has 4 rings (SSSR count). The summed E-state index contributed by atoms with van der Waals surface area (Å²) in [5.74, 6) is 1.55. The molecule has 1 saturated carbocycles. The smallest absolute Gasteiger partial charge is 0.234 e. The van der Waals surface area contributed by atoms with Crippen LogP contribution in [-0.2, 0) is 16.8 Å². The number of para-hydroxylation sites is 1. The van der Waals surface area contributed by atoms with E-state index < -0.39 is 0 Å². The molecule has 6 nitrogen and oxygen atoms in total. The Balaban J connectivity index is 1.36. The van der Waals surface area contributed by atoms with Crippen LogP contribution >= 0.6 is 23.4 Å². The van der Waals surface area contributed by atoms with E-state index in [0.717, 1.165) is 29.5 Å². The first kappa shape index (κ1) is 22.7. The van der Waals surface area contributed by atoms with Crippen molar-refractivity contribution in [2.75, 3.05) is 11.1 Å². The van der Waals surface area contributed by atoms with Gasteiger partial charge in [0.1, 0.15) is 12.4 Å². The maximum atomic E-state index is 12.5. The fraction of sp³-hybridized carbons (Fsp3) is 0.375. The van der Waals surface area contributed by atoms with Gasteiger partial charge in [0.2, 0.25) is 5.91 Å². The Kier molecular flexibility index (Phi) is 6.76. The number of rotatable bonds is 8. The highest BCUT2D eigenvalue weighted by Gasteiger charge is 2.30. The number of aromatic nitrogens is 3. The van der Waals surface area contributed by atoms with Crippen LogP contribution in [0.1, 0.15) is 51.0 Å². The van der Waals surface area contributed by atoms with Gasteiger partial charge in [-0.3, -0.25) is 9.36 Å². The molecule has 1 N–H and O–H groups in total. The molecular weight excluding hydrogens is 444 g/mol. The summed E-state index contributed by atoms with van der Waals surface area (Å²) >= 11 is 7.57. The van der Waals surface area contributed by atoms with Crippen LogP contribution in [0, 0.1) is 0 Å². The van der Waals surface area contributed by atoms with E-state index in [4.69, 9.17) is 16.3 Å². The second-order valence-corrected chi connectivity index (χ2v) is 10.2. The summed E-state index contributed by atoms with van der Waals surface area (Å²) in [6, 6.07) is 15.7. The SMILES string of the molecule is CC(C)(C)c1ccc(NC(=O)CSc2nnc(COc3ccccc3Cl)n2C2CC2)cc1. The molecule has 0 saturated heterocycles. The number of nitrogens with zero attached hydrogens (tertiary/aromatic N) is 3. The Bertz CT molecular complexity index is 1090. The molecule has 168 valence electrons. The maximum absolute atomic E-state index is 12.5. The minimum atomic E-state index is -0.0716. The number of benzene rings is 2. The van der Waals surface area contributed by atoms with Crippen LogP contribution < -0.4 is 10.1 Å². The normalized spacial score (nSPS) is 13.8. The largest absolute Gasteiger partial charge is 0.484 e. The third kappa shape index (κ3) is 5.64. The highest BCUT2D eigenvalue weighted by atomic mass is 35.5. The molecule has 2 aromatic carbocycles. The molecule has 0 radical (unpaired) electrons. The predicted molar refractivity (Wildman–Crippen MR) is 129 cm³/mol. The number of carbonyl (C=O) groups excluding carboxylic acids is 1. The van der Waals surface area contributed by atoms with Crippen molar-refractivity contribution in [3.05, 3.63) is 64.9 Å². The molecule has 0 unspecified atom stereocenters. The topological polar surface area (TPSA) is 69.0 Å². The molecule has 0 aliphatic heterocycles. The molecule has 32 heavy (non-hydrogen) atoms. The molecular formula is C24H27ClN4O2S. The third-order valence-corrected chi connectivity index (χ3v) is 6.46. The molecule has 0 spiro atoms. The summed E-state index contributed by atoms with van der Waals surface area (Å²) in [6.07, 6.45) is 2.16. The van der Waals surface area contributed by atoms with E-state index in [9.17, 15) is 4.79 Å². The lowest BCUT2D eigenvalue weighted by atomic mass is 9.87. The predicted octanol–water partition coefficient (Wildman–Crippen LogP) is 5.87. The molecule has 1 aliphatic rings. The Hall–Kier alpha value is -2.51. The van der Waals surface area contributed by atoms with Gasteiger partial charge in [-0.1, -0.05) is 68.4 Å². The molecule has 8 heteroatoms. The number of anilines is 1. The number of thioether (sulfide) groups is 1. The van der Waals surface area contributed by atoms with Gasteiger partial charge < -0.3 is 10.1 Å². The second-order valence-electron chi connectivity index (χ2n) is 8.88. The van der Waals surface area contributed by atoms with Gasteiger partial charge in [-0.2, -0.15) is 0 Å². The highest BCUT2D eigenvalue weighted by molar-refractivity contribution is 7.99. The van der Waals surface area contributed by atoms with E-state index >= 15 is 0 Å². The van der Waals surface area contributed by atoms with Crippen LogP contribution in [0.5, 0.6) is 5.75 Å². The summed E-state index contributed by atoms with van der Waals surface area (Å²) in [6.45, 7) is 6.78. The van der Waals surface area contributed by atoms with Crippen molar-refractivity contribution in [3.8, 4) is 5.75 Å².